The SMILES string of the molecule is CNC(Cc1ccsc1)C(OC)C1CC1. The van der Waals surface area contributed by atoms with E-state index in [2.05, 4.69) is 22.1 Å². The average molecular weight is 225 g/mol. The number of methoxy groups -OCH3 is 1. The van der Waals surface area contributed by atoms with E-state index in [1.54, 1.807) is 11.3 Å². The Labute approximate surface area is 95.6 Å². The summed E-state index contributed by atoms with van der Waals surface area (Å²) >= 11 is 1.77. The maximum atomic E-state index is 5.62. The number of hydrogen-bond donors (Lipinski definition) is 1. The van der Waals surface area contributed by atoms with Crippen LogP contribution < -0.4 is 5.32 Å². The van der Waals surface area contributed by atoms with Crippen LogP contribution in [0.3, 0.4) is 0 Å². The third-order valence-corrected chi connectivity index (χ3v) is 3.89. The molecule has 1 fully saturated rings. The molecule has 15 heavy (non-hydrogen) atoms. The molecule has 1 aromatic heterocycles. The quantitative estimate of drug-likeness (QED) is 0.802. The number of ether oxygens (including phenoxy) is 1. The second-order valence-electron chi connectivity index (χ2n) is 4.27. The first-order chi connectivity index (χ1) is 7.35. The van der Waals surface area contributed by atoms with Crippen molar-refractivity contribution in [2.75, 3.05) is 14.2 Å². The maximum absolute atomic E-state index is 5.62. The fraction of sp³-hybridized carbons (Fsp3) is 0.667. The van der Waals surface area contributed by atoms with Crippen molar-refractivity contribution in [1.29, 1.82) is 0 Å². The number of rotatable bonds is 6. The molecule has 2 unspecified atom stereocenters. The largest absolute Gasteiger partial charge is 0.380 e. The van der Waals surface area contributed by atoms with Crippen LogP contribution in [0.5, 0.6) is 0 Å². The topological polar surface area (TPSA) is 21.3 Å². The van der Waals surface area contributed by atoms with Crippen molar-refractivity contribution in [3.8, 4) is 0 Å². The van der Waals surface area contributed by atoms with Gasteiger partial charge in [-0.25, -0.2) is 0 Å². The van der Waals surface area contributed by atoms with Crippen LogP contribution >= 0.6 is 11.3 Å². The maximum Gasteiger partial charge on any atom is 0.0755 e. The van der Waals surface area contributed by atoms with Crippen molar-refractivity contribution in [3.63, 3.8) is 0 Å². The van der Waals surface area contributed by atoms with Gasteiger partial charge in [0.05, 0.1) is 6.10 Å². The molecule has 2 nitrogen and oxygen atoms in total. The van der Waals surface area contributed by atoms with Crippen molar-refractivity contribution < 1.29 is 4.74 Å². The highest BCUT2D eigenvalue weighted by Gasteiger charge is 2.36. The highest BCUT2D eigenvalue weighted by atomic mass is 32.1. The van der Waals surface area contributed by atoms with Crippen molar-refractivity contribution in [1.82, 2.24) is 5.32 Å². The lowest BCUT2D eigenvalue weighted by molar-refractivity contribution is 0.0534. The number of hydrogen-bond acceptors (Lipinski definition) is 3. The Kier molecular flexibility index (Phi) is 3.78. The molecule has 0 aromatic carbocycles. The fourth-order valence-electron chi connectivity index (χ4n) is 2.16. The van der Waals surface area contributed by atoms with E-state index >= 15 is 0 Å². The average Bonchev–Trinajstić information content (AvgIpc) is 2.95. The minimum absolute atomic E-state index is 0.384. The Bertz CT molecular complexity index is 282. The van der Waals surface area contributed by atoms with Gasteiger partial charge < -0.3 is 10.1 Å². The van der Waals surface area contributed by atoms with Gasteiger partial charge >= 0.3 is 0 Å². The van der Waals surface area contributed by atoms with Crippen LogP contribution in [0.15, 0.2) is 16.8 Å². The molecule has 0 radical (unpaired) electrons. The minimum atomic E-state index is 0.384. The lowest BCUT2D eigenvalue weighted by Crippen LogP contribution is -2.41. The summed E-state index contributed by atoms with van der Waals surface area (Å²) in [6, 6.07) is 2.66. The molecule has 84 valence electrons. The monoisotopic (exact) mass is 225 g/mol. The summed E-state index contributed by atoms with van der Waals surface area (Å²) in [6.45, 7) is 0. The lowest BCUT2D eigenvalue weighted by atomic mass is 10.00. The van der Waals surface area contributed by atoms with E-state index in [-0.39, 0.29) is 0 Å². The van der Waals surface area contributed by atoms with Gasteiger partial charge in [0.15, 0.2) is 0 Å². The molecule has 0 aliphatic heterocycles. The molecule has 1 N–H and O–H groups in total. The number of thiophene rings is 1. The molecule has 1 aliphatic carbocycles. The van der Waals surface area contributed by atoms with Gasteiger partial charge in [0, 0.05) is 13.2 Å². The van der Waals surface area contributed by atoms with Gasteiger partial charge in [0.25, 0.3) is 0 Å². The van der Waals surface area contributed by atoms with Crippen molar-refractivity contribution in [2.24, 2.45) is 5.92 Å². The van der Waals surface area contributed by atoms with E-state index in [0.29, 0.717) is 12.1 Å². The molecular formula is C12H19NOS. The minimum Gasteiger partial charge on any atom is -0.380 e. The summed E-state index contributed by atoms with van der Waals surface area (Å²) in [5, 5.41) is 7.76. The standard InChI is InChI=1S/C12H19NOS/c1-13-11(7-9-5-6-15-8-9)12(14-2)10-3-4-10/h5-6,8,10-13H,3-4,7H2,1-2H3. The van der Waals surface area contributed by atoms with E-state index in [1.165, 1.54) is 18.4 Å². The Balaban J connectivity index is 1.96. The number of nitrogens with one attached hydrogen (secondary N) is 1. The first-order valence-electron chi connectivity index (χ1n) is 5.56. The third-order valence-electron chi connectivity index (χ3n) is 3.16. The van der Waals surface area contributed by atoms with Crippen molar-refractivity contribution in [2.45, 2.75) is 31.4 Å². The zero-order valence-corrected chi connectivity index (χ0v) is 10.2. The van der Waals surface area contributed by atoms with Gasteiger partial charge in [-0.3, -0.25) is 0 Å². The smallest absolute Gasteiger partial charge is 0.0755 e. The second kappa shape index (κ2) is 5.10. The van der Waals surface area contributed by atoms with Gasteiger partial charge in [-0.05, 0) is 54.6 Å². The summed E-state index contributed by atoms with van der Waals surface area (Å²) in [4.78, 5) is 0. The van der Waals surface area contributed by atoms with Crippen LogP contribution in [0.25, 0.3) is 0 Å². The first-order valence-corrected chi connectivity index (χ1v) is 6.50. The van der Waals surface area contributed by atoms with Gasteiger partial charge in [0.1, 0.15) is 0 Å². The van der Waals surface area contributed by atoms with E-state index in [1.807, 2.05) is 14.2 Å². The Morgan fingerprint density at radius 3 is 2.87 bits per heavy atom. The van der Waals surface area contributed by atoms with Crippen molar-refractivity contribution in [3.05, 3.63) is 22.4 Å². The normalized spacial score (nSPS) is 20.1. The Morgan fingerprint density at radius 1 is 1.60 bits per heavy atom. The molecule has 1 saturated carbocycles. The van der Waals surface area contributed by atoms with Crippen LogP contribution in [0, 0.1) is 5.92 Å². The zero-order chi connectivity index (χ0) is 10.7. The Hall–Kier alpha value is -0.380. The van der Waals surface area contributed by atoms with Crippen LogP contribution in [0.1, 0.15) is 18.4 Å². The summed E-state index contributed by atoms with van der Waals surface area (Å²) in [5.41, 5.74) is 1.42. The Morgan fingerprint density at radius 2 is 2.40 bits per heavy atom. The van der Waals surface area contributed by atoms with Gasteiger partial charge in [-0.1, -0.05) is 0 Å². The first kappa shape index (κ1) is 11.1. The van der Waals surface area contributed by atoms with Gasteiger partial charge in [-0.2, -0.15) is 11.3 Å². The molecule has 0 amide bonds. The lowest BCUT2D eigenvalue weighted by Gasteiger charge is -2.25. The molecule has 2 atom stereocenters. The predicted molar refractivity (Wildman–Crippen MR) is 64.4 cm³/mol. The van der Waals surface area contributed by atoms with Crippen LogP contribution in [0.4, 0.5) is 0 Å². The highest BCUT2D eigenvalue weighted by molar-refractivity contribution is 7.07. The van der Waals surface area contributed by atoms with E-state index in [0.717, 1.165) is 12.3 Å². The molecule has 0 saturated heterocycles. The fourth-order valence-corrected chi connectivity index (χ4v) is 2.84. The summed E-state index contributed by atoms with van der Waals surface area (Å²) in [5.74, 6) is 0.783. The van der Waals surface area contributed by atoms with Crippen LogP contribution in [0.2, 0.25) is 0 Å². The molecule has 3 heteroatoms. The van der Waals surface area contributed by atoms with E-state index in [4.69, 9.17) is 4.74 Å². The molecule has 1 aliphatic rings. The molecule has 0 spiro atoms. The summed E-state index contributed by atoms with van der Waals surface area (Å²) in [7, 11) is 3.87. The highest BCUT2D eigenvalue weighted by Crippen LogP contribution is 2.36. The zero-order valence-electron chi connectivity index (χ0n) is 9.40. The molecule has 1 aromatic rings. The third kappa shape index (κ3) is 2.80. The van der Waals surface area contributed by atoms with E-state index < -0.39 is 0 Å². The van der Waals surface area contributed by atoms with Gasteiger partial charge in [-0.15, -0.1) is 0 Å². The van der Waals surface area contributed by atoms with Crippen LogP contribution in [-0.2, 0) is 11.2 Å². The molecule has 0 bridgehead atoms. The van der Waals surface area contributed by atoms with Crippen LogP contribution in [-0.4, -0.2) is 26.3 Å². The van der Waals surface area contributed by atoms with E-state index in [9.17, 15) is 0 Å². The summed E-state index contributed by atoms with van der Waals surface area (Å²) < 4.78 is 5.62. The second-order valence-corrected chi connectivity index (χ2v) is 5.05. The number of likely N-dealkylation sites (N-methyl/N-ethyl adjacent to an activating group) is 1. The molecule has 1 heterocycles. The van der Waals surface area contributed by atoms with Gasteiger partial charge in [0.2, 0.25) is 0 Å². The molecule has 2 rings (SSSR count). The molecular weight excluding hydrogens is 206 g/mol. The summed E-state index contributed by atoms with van der Waals surface area (Å²) in [6.07, 6.45) is 4.13. The van der Waals surface area contributed by atoms with Crippen molar-refractivity contribution >= 4 is 11.3 Å². The predicted octanol–water partition coefficient (Wildman–Crippen LogP) is 2.30.